The standard InChI is InChI=1S/C21H16FNO3S/c22-16-7-5-15(6-8-16)19-9-10-20(27-19)21(24)23(13-17-3-1-11-25-17)14-18-4-2-12-26-18/h1-12H,13-14H2. The van der Waals surface area contributed by atoms with Crippen molar-refractivity contribution < 1.29 is 18.0 Å². The largest absolute Gasteiger partial charge is 0.467 e. The van der Waals surface area contributed by atoms with Crippen molar-refractivity contribution in [3.05, 3.63) is 95.4 Å². The Balaban J connectivity index is 1.58. The van der Waals surface area contributed by atoms with E-state index in [2.05, 4.69) is 0 Å². The molecule has 0 aliphatic rings. The van der Waals surface area contributed by atoms with Crippen LogP contribution in [0.15, 0.2) is 82.0 Å². The normalized spacial score (nSPS) is 10.9. The van der Waals surface area contributed by atoms with Gasteiger partial charge in [0.15, 0.2) is 0 Å². The Morgan fingerprint density at radius 3 is 2.07 bits per heavy atom. The zero-order chi connectivity index (χ0) is 18.6. The Hall–Kier alpha value is -3.12. The number of halogens is 1. The topological polar surface area (TPSA) is 46.6 Å². The number of carbonyl (C=O) groups excluding carboxylic acids is 1. The number of rotatable bonds is 6. The van der Waals surface area contributed by atoms with Gasteiger partial charge in [-0.15, -0.1) is 11.3 Å². The van der Waals surface area contributed by atoms with Gasteiger partial charge in [-0.25, -0.2) is 4.39 Å². The summed E-state index contributed by atoms with van der Waals surface area (Å²) in [5, 5.41) is 0. The minimum absolute atomic E-state index is 0.110. The van der Waals surface area contributed by atoms with Crippen LogP contribution in [0.2, 0.25) is 0 Å². The summed E-state index contributed by atoms with van der Waals surface area (Å²) in [7, 11) is 0. The molecule has 0 N–H and O–H groups in total. The molecule has 3 aromatic heterocycles. The highest BCUT2D eigenvalue weighted by Crippen LogP contribution is 2.29. The number of hydrogen-bond acceptors (Lipinski definition) is 4. The van der Waals surface area contributed by atoms with Crippen molar-refractivity contribution in [2.75, 3.05) is 0 Å². The molecule has 4 rings (SSSR count). The first-order chi connectivity index (χ1) is 13.2. The molecule has 0 spiro atoms. The average molecular weight is 381 g/mol. The SMILES string of the molecule is O=C(c1ccc(-c2ccc(F)cc2)s1)N(Cc1ccco1)Cc1ccco1. The summed E-state index contributed by atoms with van der Waals surface area (Å²) < 4.78 is 23.9. The van der Waals surface area contributed by atoms with Gasteiger partial charge in [-0.05, 0) is 54.1 Å². The highest BCUT2D eigenvalue weighted by atomic mass is 32.1. The zero-order valence-electron chi connectivity index (χ0n) is 14.3. The molecule has 0 radical (unpaired) electrons. The van der Waals surface area contributed by atoms with E-state index in [1.165, 1.54) is 23.5 Å². The second-order valence-electron chi connectivity index (χ2n) is 5.99. The summed E-state index contributed by atoms with van der Waals surface area (Å²) in [6, 6.07) is 17.2. The molecular formula is C21H16FNO3S. The Morgan fingerprint density at radius 2 is 1.52 bits per heavy atom. The zero-order valence-corrected chi connectivity index (χ0v) is 15.1. The predicted octanol–water partition coefficient (Wildman–Crippen LogP) is 5.58. The Bertz CT molecular complexity index is 968. The maximum atomic E-state index is 13.1. The molecule has 0 atom stereocenters. The lowest BCUT2D eigenvalue weighted by Crippen LogP contribution is -2.29. The number of thiophene rings is 1. The number of amides is 1. The van der Waals surface area contributed by atoms with Crippen molar-refractivity contribution in [1.82, 2.24) is 4.90 Å². The van der Waals surface area contributed by atoms with Gasteiger partial charge in [0.1, 0.15) is 17.3 Å². The summed E-state index contributed by atoms with van der Waals surface area (Å²) >= 11 is 1.38. The van der Waals surface area contributed by atoms with Crippen molar-refractivity contribution in [3.63, 3.8) is 0 Å². The molecule has 136 valence electrons. The first-order valence-electron chi connectivity index (χ1n) is 8.39. The van der Waals surface area contributed by atoms with Crippen LogP contribution >= 0.6 is 11.3 Å². The van der Waals surface area contributed by atoms with Gasteiger partial charge in [0.2, 0.25) is 0 Å². The van der Waals surface area contributed by atoms with Crippen molar-refractivity contribution in [2.24, 2.45) is 0 Å². The quantitative estimate of drug-likeness (QED) is 0.438. The van der Waals surface area contributed by atoms with E-state index in [9.17, 15) is 9.18 Å². The molecule has 0 saturated carbocycles. The molecule has 3 heterocycles. The lowest BCUT2D eigenvalue weighted by molar-refractivity contribution is 0.0710. The van der Waals surface area contributed by atoms with Crippen LogP contribution in [0, 0.1) is 5.82 Å². The Kier molecular flexibility index (Phi) is 4.89. The third-order valence-corrected chi connectivity index (χ3v) is 5.21. The van der Waals surface area contributed by atoms with Crippen molar-refractivity contribution in [1.29, 1.82) is 0 Å². The molecule has 4 nitrogen and oxygen atoms in total. The van der Waals surface area contributed by atoms with Crippen LogP contribution in [-0.2, 0) is 13.1 Å². The number of carbonyl (C=O) groups is 1. The van der Waals surface area contributed by atoms with Gasteiger partial charge in [0.05, 0.1) is 30.5 Å². The first kappa shape index (κ1) is 17.3. The van der Waals surface area contributed by atoms with Gasteiger partial charge in [-0.1, -0.05) is 12.1 Å². The van der Waals surface area contributed by atoms with Crippen LogP contribution in [0.25, 0.3) is 10.4 Å². The molecular weight excluding hydrogens is 365 g/mol. The Morgan fingerprint density at radius 1 is 0.889 bits per heavy atom. The van der Waals surface area contributed by atoms with Crippen LogP contribution in [0.3, 0.4) is 0 Å². The molecule has 0 bridgehead atoms. The van der Waals surface area contributed by atoms with Crippen LogP contribution < -0.4 is 0 Å². The molecule has 1 aromatic carbocycles. The highest BCUT2D eigenvalue weighted by Gasteiger charge is 2.21. The first-order valence-corrected chi connectivity index (χ1v) is 9.20. The van der Waals surface area contributed by atoms with Crippen molar-refractivity contribution in [3.8, 4) is 10.4 Å². The molecule has 0 saturated heterocycles. The second-order valence-corrected chi connectivity index (χ2v) is 7.07. The fraction of sp³-hybridized carbons (Fsp3) is 0.0952. The maximum Gasteiger partial charge on any atom is 0.264 e. The Labute approximate surface area is 159 Å². The van der Waals surface area contributed by atoms with Crippen molar-refractivity contribution >= 4 is 17.2 Å². The van der Waals surface area contributed by atoms with E-state index in [0.29, 0.717) is 29.5 Å². The van der Waals surface area contributed by atoms with E-state index < -0.39 is 0 Å². The van der Waals surface area contributed by atoms with Gasteiger partial charge in [-0.3, -0.25) is 4.79 Å². The summed E-state index contributed by atoms with van der Waals surface area (Å²) in [6.45, 7) is 0.687. The number of nitrogens with zero attached hydrogens (tertiary/aromatic N) is 1. The number of benzene rings is 1. The van der Waals surface area contributed by atoms with E-state index in [-0.39, 0.29) is 11.7 Å². The summed E-state index contributed by atoms with van der Waals surface area (Å²) in [4.78, 5) is 16.3. The van der Waals surface area contributed by atoms with Gasteiger partial charge in [-0.2, -0.15) is 0 Å². The molecule has 1 amide bonds. The fourth-order valence-corrected chi connectivity index (χ4v) is 3.74. The van der Waals surface area contributed by atoms with Crippen LogP contribution in [0.4, 0.5) is 4.39 Å². The monoisotopic (exact) mass is 381 g/mol. The van der Waals surface area contributed by atoms with E-state index >= 15 is 0 Å². The van der Waals surface area contributed by atoms with Gasteiger partial charge >= 0.3 is 0 Å². The van der Waals surface area contributed by atoms with Gasteiger partial charge in [0, 0.05) is 4.88 Å². The minimum atomic E-state index is -0.283. The van der Waals surface area contributed by atoms with Crippen molar-refractivity contribution in [2.45, 2.75) is 13.1 Å². The molecule has 0 fully saturated rings. The van der Waals surface area contributed by atoms with Crippen LogP contribution in [0.1, 0.15) is 21.2 Å². The van der Waals surface area contributed by atoms with Gasteiger partial charge < -0.3 is 13.7 Å². The number of furan rings is 2. The molecule has 0 unspecified atom stereocenters. The highest BCUT2D eigenvalue weighted by molar-refractivity contribution is 7.17. The lowest BCUT2D eigenvalue weighted by Gasteiger charge is -2.19. The molecule has 0 aliphatic carbocycles. The molecule has 27 heavy (non-hydrogen) atoms. The minimum Gasteiger partial charge on any atom is -0.467 e. The lowest BCUT2D eigenvalue weighted by atomic mass is 10.2. The van der Waals surface area contributed by atoms with Crippen LogP contribution in [0.5, 0.6) is 0 Å². The van der Waals surface area contributed by atoms with E-state index in [0.717, 1.165) is 10.4 Å². The number of hydrogen-bond donors (Lipinski definition) is 0. The van der Waals surface area contributed by atoms with E-state index in [1.807, 2.05) is 18.2 Å². The summed E-state index contributed by atoms with van der Waals surface area (Å²) in [6.07, 6.45) is 3.17. The average Bonchev–Trinajstić information content (AvgIpc) is 3.44. The smallest absolute Gasteiger partial charge is 0.264 e. The van der Waals surface area contributed by atoms with Crippen LogP contribution in [-0.4, -0.2) is 10.8 Å². The fourth-order valence-electron chi connectivity index (χ4n) is 2.76. The second kappa shape index (κ2) is 7.63. The van der Waals surface area contributed by atoms with E-state index in [1.54, 1.807) is 47.8 Å². The molecule has 6 heteroatoms. The van der Waals surface area contributed by atoms with E-state index in [4.69, 9.17) is 8.83 Å². The third kappa shape index (κ3) is 4.01. The predicted molar refractivity (Wildman–Crippen MR) is 101 cm³/mol. The molecule has 4 aromatic rings. The molecule has 0 aliphatic heterocycles. The summed E-state index contributed by atoms with van der Waals surface area (Å²) in [5.41, 5.74) is 0.879. The van der Waals surface area contributed by atoms with Gasteiger partial charge in [0.25, 0.3) is 5.91 Å². The third-order valence-electron chi connectivity index (χ3n) is 4.09. The maximum absolute atomic E-state index is 13.1. The summed E-state index contributed by atoms with van der Waals surface area (Å²) in [5.74, 6) is 1.01.